The van der Waals surface area contributed by atoms with Crippen molar-refractivity contribution in [1.29, 1.82) is 0 Å². The molecule has 0 bridgehead atoms. The molecule has 29 heavy (non-hydrogen) atoms. The van der Waals surface area contributed by atoms with Gasteiger partial charge in [0.1, 0.15) is 0 Å². The second-order valence-electron chi connectivity index (χ2n) is 5.57. The van der Waals surface area contributed by atoms with E-state index in [1.807, 2.05) is 42.5 Å². The Morgan fingerprint density at radius 1 is 1.24 bits per heavy atom. The Labute approximate surface area is 200 Å². The van der Waals surface area contributed by atoms with Crippen molar-refractivity contribution in [2.75, 3.05) is 30.8 Å². The molecule has 0 aromatic heterocycles. The number of amidine groups is 1. The van der Waals surface area contributed by atoms with Crippen LogP contribution in [0.1, 0.15) is 14.3 Å². The molecule has 4 N–H and O–H groups in total. The van der Waals surface area contributed by atoms with Gasteiger partial charge in [-0.05, 0) is 68.0 Å². The number of hydrogen-bond acceptors (Lipinski definition) is 7. The molecule has 9 heteroatoms. The molecule has 158 valence electrons. The van der Waals surface area contributed by atoms with Gasteiger partial charge in [-0.25, -0.2) is 0 Å². The first-order valence-electron chi connectivity index (χ1n) is 8.93. The van der Waals surface area contributed by atoms with Crippen LogP contribution in [0.3, 0.4) is 0 Å². The van der Waals surface area contributed by atoms with Crippen LogP contribution >= 0.6 is 55.8 Å². The monoisotopic (exact) mass is 560 g/mol. The van der Waals surface area contributed by atoms with Gasteiger partial charge in [0.15, 0.2) is 5.17 Å². The molecule has 0 saturated heterocycles. The third-order valence-corrected chi connectivity index (χ3v) is 5.29. The lowest BCUT2D eigenvalue weighted by atomic mass is 10.3. The van der Waals surface area contributed by atoms with Crippen molar-refractivity contribution in [2.24, 2.45) is 15.7 Å². The summed E-state index contributed by atoms with van der Waals surface area (Å²) in [5.74, 6) is 1.17. The summed E-state index contributed by atoms with van der Waals surface area (Å²) in [6, 6.07) is 15.7. The molecular formula is C20H26Br2N4OS2. The van der Waals surface area contributed by atoms with Gasteiger partial charge in [-0.1, -0.05) is 55.8 Å². The van der Waals surface area contributed by atoms with Gasteiger partial charge in [0.25, 0.3) is 0 Å². The van der Waals surface area contributed by atoms with Crippen LogP contribution in [-0.2, 0) is 0 Å². The SMILES string of the molecule is Brc1cccc(NC2=NCCCS2)c1.NCCCO.S=C=Nc1cccc(Br)c1.[HH]. The van der Waals surface area contributed by atoms with Crippen molar-refractivity contribution in [2.45, 2.75) is 12.8 Å². The zero-order valence-corrected chi connectivity index (χ0v) is 20.7. The van der Waals surface area contributed by atoms with E-state index < -0.39 is 0 Å². The summed E-state index contributed by atoms with van der Waals surface area (Å²) in [5.41, 5.74) is 6.89. The van der Waals surface area contributed by atoms with Crippen molar-refractivity contribution in [3.63, 3.8) is 0 Å². The van der Waals surface area contributed by atoms with Crippen LogP contribution < -0.4 is 11.1 Å². The molecule has 2 aromatic carbocycles. The number of thiocarbonyl (C=S) groups is 1. The number of hydrogen-bond donors (Lipinski definition) is 3. The summed E-state index contributed by atoms with van der Waals surface area (Å²) in [6.07, 6.45) is 1.91. The summed E-state index contributed by atoms with van der Waals surface area (Å²) < 4.78 is 2.09. The molecule has 0 radical (unpaired) electrons. The Morgan fingerprint density at radius 2 is 1.97 bits per heavy atom. The quantitative estimate of drug-likeness (QED) is 0.310. The van der Waals surface area contributed by atoms with Crippen molar-refractivity contribution in [3.8, 4) is 0 Å². The number of nitrogens with two attached hydrogens (primary N) is 1. The Morgan fingerprint density at radius 3 is 2.48 bits per heavy atom. The minimum atomic E-state index is 0. The van der Waals surface area contributed by atoms with E-state index in [1.54, 1.807) is 11.8 Å². The van der Waals surface area contributed by atoms with Gasteiger partial charge < -0.3 is 16.2 Å². The highest BCUT2D eigenvalue weighted by atomic mass is 79.9. The molecule has 0 amide bonds. The largest absolute Gasteiger partial charge is 0.396 e. The van der Waals surface area contributed by atoms with E-state index in [0.717, 1.165) is 38.5 Å². The number of isothiocyanates is 1. The van der Waals surface area contributed by atoms with Gasteiger partial charge in [0.2, 0.25) is 0 Å². The minimum absolute atomic E-state index is 0. The molecule has 0 atom stereocenters. The molecule has 1 aliphatic heterocycles. The Hall–Kier alpha value is -1.06. The third kappa shape index (κ3) is 13.0. The lowest BCUT2D eigenvalue weighted by Gasteiger charge is -2.13. The number of halogens is 2. The van der Waals surface area contributed by atoms with Gasteiger partial charge in [0, 0.05) is 35.0 Å². The third-order valence-electron chi connectivity index (χ3n) is 3.22. The van der Waals surface area contributed by atoms with Crippen LogP contribution in [-0.4, -0.2) is 40.9 Å². The molecule has 2 aromatic rings. The van der Waals surface area contributed by atoms with Crippen LogP contribution in [0.25, 0.3) is 0 Å². The Balaban J connectivity index is 0.000000463. The molecule has 0 saturated carbocycles. The summed E-state index contributed by atoms with van der Waals surface area (Å²) in [6.45, 7) is 1.76. The van der Waals surface area contributed by atoms with Crippen LogP contribution in [0.4, 0.5) is 11.4 Å². The number of thioether (sulfide) groups is 1. The average Bonchev–Trinajstić information content (AvgIpc) is 2.71. The molecule has 1 heterocycles. The summed E-state index contributed by atoms with van der Waals surface area (Å²) in [7, 11) is 0. The van der Waals surface area contributed by atoms with Crippen molar-refractivity contribution in [1.82, 2.24) is 0 Å². The highest BCUT2D eigenvalue weighted by molar-refractivity contribution is 9.10. The first-order chi connectivity index (χ1) is 14.1. The normalized spacial score (nSPS) is 12.2. The lowest BCUT2D eigenvalue weighted by molar-refractivity contribution is 0.291. The maximum atomic E-state index is 7.99. The molecule has 5 nitrogen and oxygen atoms in total. The van der Waals surface area contributed by atoms with Crippen LogP contribution in [0.15, 0.2) is 67.5 Å². The number of nitrogens with one attached hydrogen (secondary N) is 1. The van der Waals surface area contributed by atoms with E-state index in [1.165, 1.54) is 12.2 Å². The number of aliphatic imine (C=N–C) groups is 2. The van der Waals surface area contributed by atoms with Crippen molar-refractivity contribution in [3.05, 3.63) is 57.5 Å². The van der Waals surface area contributed by atoms with E-state index in [0.29, 0.717) is 6.54 Å². The van der Waals surface area contributed by atoms with Crippen LogP contribution in [0, 0.1) is 0 Å². The number of anilines is 1. The van der Waals surface area contributed by atoms with Crippen molar-refractivity contribution >= 4 is 77.5 Å². The number of nitrogens with zero attached hydrogens (tertiary/aromatic N) is 2. The second kappa shape index (κ2) is 16.7. The number of aliphatic hydroxyl groups is 1. The van der Waals surface area contributed by atoms with Gasteiger partial charge in [-0.3, -0.25) is 4.99 Å². The van der Waals surface area contributed by atoms with Gasteiger partial charge >= 0.3 is 0 Å². The average molecular weight is 562 g/mol. The van der Waals surface area contributed by atoms with E-state index in [4.69, 9.17) is 10.8 Å². The first kappa shape index (κ1) is 26.0. The first-order valence-corrected chi connectivity index (χ1v) is 11.9. The summed E-state index contributed by atoms with van der Waals surface area (Å²) in [4.78, 5) is 8.21. The van der Waals surface area contributed by atoms with Crippen LogP contribution in [0.2, 0.25) is 0 Å². The minimum Gasteiger partial charge on any atom is -0.396 e. The maximum Gasteiger partial charge on any atom is 0.161 e. The van der Waals surface area contributed by atoms with Gasteiger partial charge in [-0.2, -0.15) is 4.99 Å². The van der Waals surface area contributed by atoms with E-state index in [9.17, 15) is 0 Å². The molecule has 0 unspecified atom stereocenters. The predicted octanol–water partition coefficient (Wildman–Crippen LogP) is 6.11. The summed E-state index contributed by atoms with van der Waals surface area (Å²) >= 11 is 13.0. The fraction of sp³-hybridized carbons (Fsp3) is 0.300. The van der Waals surface area contributed by atoms with Crippen LogP contribution in [0.5, 0.6) is 0 Å². The van der Waals surface area contributed by atoms with E-state index in [-0.39, 0.29) is 8.03 Å². The molecule has 0 aliphatic carbocycles. The zero-order valence-electron chi connectivity index (χ0n) is 15.9. The molecule has 0 fully saturated rings. The molecular weight excluding hydrogens is 536 g/mol. The van der Waals surface area contributed by atoms with Crippen molar-refractivity contribution < 1.29 is 6.53 Å². The lowest BCUT2D eigenvalue weighted by Crippen LogP contribution is -2.13. The Bertz CT molecular complexity index is 819. The highest BCUT2D eigenvalue weighted by Crippen LogP contribution is 2.19. The number of benzene rings is 2. The standard InChI is InChI=1S/C10H11BrN2S.C7H4BrNS.C3H9NO.H2/c11-8-3-1-4-9(7-8)13-10-12-5-2-6-14-10;8-6-2-1-3-7(4-6)9-5-10;4-2-1-3-5;/h1,3-4,7H,2,5-6H2,(H,12,13);1-4H;5H,1-4H2;1H. The zero-order chi connectivity index (χ0) is 21.3. The fourth-order valence-corrected chi connectivity index (χ4v) is 3.65. The topological polar surface area (TPSA) is 83.0 Å². The van der Waals surface area contributed by atoms with Gasteiger partial charge in [0.05, 0.1) is 10.8 Å². The highest BCUT2D eigenvalue weighted by Gasteiger charge is 2.05. The molecule has 0 spiro atoms. The molecule has 1 aliphatic rings. The fourth-order valence-electron chi connectivity index (χ4n) is 1.91. The summed E-state index contributed by atoms with van der Waals surface area (Å²) in [5, 5.41) is 14.6. The van der Waals surface area contributed by atoms with E-state index >= 15 is 0 Å². The number of rotatable bonds is 4. The maximum absolute atomic E-state index is 7.99. The Kier molecular flexibility index (Phi) is 15.0. The van der Waals surface area contributed by atoms with E-state index in [2.05, 4.69) is 70.6 Å². The second-order valence-corrected chi connectivity index (χ2v) is 8.67. The van der Waals surface area contributed by atoms with Gasteiger partial charge in [-0.15, -0.1) is 0 Å². The predicted molar refractivity (Wildman–Crippen MR) is 139 cm³/mol. The molecule has 3 rings (SSSR count). The number of aliphatic hydroxyl groups excluding tert-OH is 1. The smallest absolute Gasteiger partial charge is 0.161 e.